The van der Waals surface area contributed by atoms with Crippen molar-refractivity contribution in [1.82, 2.24) is 0 Å². The van der Waals surface area contributed by atoms with Crippen LogP contribution in [0.2, 0.25) is 0 Å². The molecule has 4 heavy (non-hydrogen) atoms. The Morgan fingerprint density at radius 2 is 1.50 bits per heavy atom. The first-order chi connectivity index (χ1) is 1.73. The Hall–Kier alpha value is -0.0700. The maximum Gasteiger partial charge on any atom is 0.100 e. The minimum absolute atomic E-state index is 1.17. The highest BCUT2D eigenvalue weighted by atomic mass is 19.1. The molecular formula is C3H5F. The Bertz CT molecular complexity index is 8.00. The molecule has 0 N–H and O–H groups in total. The van der Waals surface area contributed by atoms with Gasteiger partial charge in [0.15, 0.2) is 0 Å². The smallest absolute Gasteiger partial charge is 0.100 e. The van der Waals surface area contributed by atoms with E-state index in [1.807, 2.05) is 0 Å². The van der Waals surface area contributed by atoms with Crippen LogP contribution in [0.4, 0.5) is 4.39 Å². The summed E-state index contributed by atoms with van der Waals surface area (Å²) in [5.74, 6) is 0. The molecule has 0 aromatic heterocycles. The molecule has 1 heteroatoms. The standard InChI is InChI=1S/C3H5F/c1-3(2)4/h3H,1-2H2. The van der Waals surface area contributed by atoms with Crippen LogP contribution in [0.15, 0.2) is 0 Å². The molecular weight excluding hydrogens is 55.0 g/mol. The SMILES string of the molecule is [CH2]C([CH2])F. The lowest BCUT2D eigenvalue weighted by Crippen LogP contribution is -1.75. The van der Waals surface area contributed by atoms with E-state index in [1.165, 1.54) is 0 Å². The Labute approximate surface area is 25.6 Å². The summed E-state index contributed by atoms with van der Waals surface area (Å²) in [5.41, 5.74) is 0. The quantitative estimate of drug-likeness (QED) is 0.391. The first-order valence-electron chi connectivity index (χ1n) is 1.03. The molecule has 0 aromatic rings. The van der Waals surface area contributed by atoms with E-state index in [4.69, 9.17) is 0 Å². The first-order valence-corrected chi connectivity index (χ1v) is 1.03. The zero-order chi connectivity index (χ0) is 3.58. The van der Waals surface area contributed by atoms with Gasteiger partial charge in [-0.25, -0.2) is 4.39 Å². The van der Waals surface area contributed by atoms with Crippen LogP contribution in [0, 0.1) is 13.8 Å². The largest absolute Gasteiger partial charge is 0.247 e. The van der Waals surface area contributed by atoms with E-state index in [-0.39, 0.29) is 0 Å². The van der Waals surface area contributed by atoms with Crippen LogP contribution >= 0.6 is 0 Å². The van der Waals surface area contributed by atoms with Crippen molar-refractivity contribution in [3.05, 3.63) is 13.8 Å². The average Bonchev–Trinajstić information content (AvgIpc) is 0.811. The molecule has 0 saturated heterocycles. The summed E-state index contributed by atoms with van der Waals surface area (Å²) in [6, 6.07) is 0. The van der Waals surface area contributed by atoms with E-state index in [0.29, 0.717) is 0 Å². The van der Waals surface area contributed by atoms with E-state index in [9.17, 15) is 4.39 Å². The van der Waals surface area contributed by atoms with Crippen LogP contribution in [0.1, 0.15) is 0 Å². The lowest BCUT2D eigenvalue weighted by Gasteiger charge is -1.74. The Balaban J connectivity index is 2.32. The van der Waals surface area contributed by atoms with Crippen molar-refractivity contribution < 1.29 is 4.39 Å². The predicted molar refractivity (Wildman–Crippen MR) is 15.6 cm³/mol. The highest BCUT2D eigenvalue weighted by Gasteiger charge is 1.74. The molecule has 0 spiro atoms. The molecule has 0 unspecified atom stereocenters. The van der Waals surface area contributed by atoms with Gasteiger partial charge in [-0.1, -0.05) is 0 Å². The minimum atomic E-state index is -1.17. The van der Waals surface area contributed by atoms with Crippen LogP contribution in [0.3, 0.4) is 0 Å². The average molecular weight is 60.1 g/mol. The fourth-order valence-corrected chi connectivity index (χ4v) is 0. The third kappa shape index (κ3) is 341. The summed E-state index contributed by atoms with van der Waals surface area (Å²) < 4.78 is 10.8. The lowest BCUT2D eigenvalue weighted by molar-refractivity contribution is 0.463. The van der Waals surface area contributed by atoms with Crippen molar-refractivity contribution in [2.24, 2.45) is 0 Å². The van der Waals surface area contributed by atoms with Crippen LogP contribution in [-0.4, -0.2) is 6.17 Å². The summed E-state index contributed by atoms with van der Waals surface area (Å²) in [4.78, 5) is 0. The Morgan fingerprint density at radius 3 is 1.50 bits per heavy atom. The molecule has 0 rings (SSSR count). The van der Waals surface area contributed by atoms with Gasteiger partial charge >= 0.3 is 0 Å². The van der Waals surface area contributed by atoms with Crippen molar-refractivity contribution in [2.45, 2.75) is 6.17 Å². The van der Waals surface area contributed by atoms with E-state index in [0.717, 1.165) is 0 Å². The summed E-state index contributed by atoms with van der Waals surface area (Å²) in [5, 5.41) is 0. The highest BCUT2D eigenvalue weighted by Crippen LogP contribution is 1.75. The molecule has 2 radical (unpaired) electrons. The second kappa shape index (κ2) is 1.27. The van der Waals surface area contributed by atoms with Crippen molar-refractivity contribution in [3.8, 4) is 0 Å². The number of hydrogen-bond donors (Lipinski definition) is 0. The maximum absolute atomic E-state index is 10.8. The van der Waals surface area contributed by atoms with E-state index in [2.05, 4.69) is 13.8 Å². The number of hydrogen-bond acceptors (Lipinski definition) is 0. The van der Waals surface area contributed by atoms with Crippen molar-refractivity contribution in [3.63, 3.8) is 0 Å². The second-order valence-electron chi connectivity index (χ2n) is 0.597. The minimum Gasteiger partial charge on any atom is -0.247 e. The third-order valence-corrected chi connectivity index (χ3v) is 0. The molecule has 0 bridgehead atoms. The number of halogens is 1. The van der Waals surface area contributed by atoms with Gasteiger partial charge in [0.1, 0.15) is 6.17 Å². The first kappa shape index (κ1) is 3.93. The molecule has 0 amide bonds. The van der Waals surface area contributed by atoms with Crippen LogP contribution in [0.5, 0.6) is 0 Å². The van der Waals surface area contributed by atoms with Gasteiger partial charge in [-0.3, -0.25) is 0 Å². The Morgan fingerprint density at radius 1 is 1.50 bits per heavy atom. The van der Waals surface area contributed by atoms with Gasteiger partial charge in [0.05, 0.1) is 0 Å². The fourth-order valence-electron chi connectivity index (χ4n) is 0. The normalized spacial score (nSPS) is 9.00. The van der Waals surface area contributed by atoms with Crippen LogP contribution < -0.4 is 0 Å². The van der Waals surface area contributed by atoms with E-state index >= 15 is 0 Å². The molecule has 0 aliphatic rings. The van der Waals surface area contributed by atoms with E-state index in [1.54, 1.807) is 0 Å². The summed E-state index contributed by atoms with van der Waals surface area (Å²) >= 11 is 0. The molecule has 0 heterocycles. The highest BCUT2D eigenvalue weighted by molar-refractivity contribution is 4.55. The number of alkyl halides is 1. The zero-order valence-electron chi connectivity index (χ0n) is 2.37. The van der Waals surface area contributed by atoms with Gasteiger partial charge in [-0.2, -0.15) is 0 Å². The van der Waals surface area contributed by atoms with Gasteiger partial charge in [0, 0.05) is 0 Å². The molecule has 0 fully saturated rings. The number of rotatable bonds is 0. The summed E-state index contributed by atoms with van der Waals surface area (Å²) in [6.07, 6.45) is -1.17. The fraction of sp³-hybridized carbons (Fsp3) is 0.333. The molecule has 24 valence electrons. The molecule has 0 saturated carbocycles. The molecule has 0 aliphatic heterocycles. The third-order valence-electron chi connectivity index (χ3n) is 0. The van der Waals surface area contributed by atoms with Crippen molar-refractivity contribution >= 4 is 0 Å². The van der Waals surface area contributed by atoms with Gasteiger partial charge in [0.2, 0.25) is 0 Å². The molecule has 0 aliphatic carbocycles. The second-order valence-corrected chi connectivity index (χ2v) is 0.597. The maximum atomic E-state index is 10.8. The summed E-state index contributed by atoms with van der Waals surface area (Å²) in [7, 11) is 0. The van der Waals surface area contributed by atoms with Crippen molar-refractivity contribution in [2.75, 3.05) is 0 Å². The monoisotopic (exact) mass is 60.0 g/mol. The summed E-state index contributed by atoms with van der Waals surface area (Å²) in [6.45, 7) is 5.72. The van der Waals surface area contributed by atoms with Gasteiger partial charge in [-0.05, 0) is 13.8 Å². The van der Waals surface area contributed by atoms with E-state index < -0.39 is 6.17 Å². The zero-order valence-corrected chi connectivity index (χ0v) is 2.37. The van der Waals surface area contributed by atoms with Crippen LogP contribution in [0.25, 0.3) is 0 Å². The van der Waals surface area contributed by atoms with Crippen molar-refractivity contribution in [1.29, 1.82) is 0 Å². The molecule has 0 atom stereocenters. The molecule has 0 nitrogen and oxygen atoms in total. The predicted octanol–water partition coefficient (Wildman–Crippen LogP) is 0.993. The topological polar surface area (TPSA) is 0 Å². The van der Waals surface area contributed by atoms with Gasteiger partial charge < -0.3 is 0 Å². The van der Waals surface area contributed by atoms with Gasteiger partial charge in [0.25, 0.3) is 0 Å². The lowest BCUT2D eigenvalue weighted by atomic mass is 10.5. The van der Waals surface area contributed by atoms with Gasteiger partial charge in [-0.15, -0.1) is 0 Å². The van der Waals surface area contributed by atoms with Crippen LogP contribution in [-0.2, 0) is 0 Å². The Kier molecular flexibility index (Phi) is 1.25. The molecule has 0 aromatic carbocycles.